The number of hydrogen-bond acceptors (Lipinski definition) is 3. The van der Waals surface area contributed by atoms with Crippen molar-refractivity contribution in [1.29, 1.82) is 0 Å². The second-order valence-corrected chi connectivity index (χ2v) is 6.40. The molecule has 2 aliphatic rings. The molecule has 3 rings (SSSR count). The molecular formula is C18H26N2O2. The molecule has 0 spiro atoms. The monoisotopic (exact) mass is 302 g/mol. The van der Waals surface area contributed by atoms with E-state index in [1.54, 1.807) is 0 Å². The van der Waals surface area contributed by atoms with Crippen LogP contribution in [-0.4, -0.2) is 43.1 Å². The molecule has 0 aromatic heterocycles. The first-order valence-corrected chi connectivity index (χ1v) is 8.53. The fourth-order valence-electron chi connectivity index (χ4n) is 3.33. The van der Waals surface area contributed by atoms with Gasteiger partial charge >= 0.3 is 0 Å². The Morgan fingerprint density at radius 2 is 1.91 bits per heavy atom. The Bertz CT molecular complexity index is 463. The molecule has 22 heavy (non-hydrogen) atoms. The van der Waals surface area contributed by atoms with Crippen molar-refractivity contribution >= 4 is 5.91 Å². The number of nitrogens with zero attached hydrogens (tertiary/aromatic N) is 1. The van der Waals surface area contributed by atoms with Gasteiger partial charge in [-0.05, 0) is 50.3 Å². The van der Waals surface area contributed by atoms with Crippen LogP contribution in [0.2, 0.25) is 0 Å². The van der Waals surface area contributed by atoms with Crippen LogP contribution in [0.25, 0.3) is 0 Å². The van der Waals surface area contributed by atoms with Crippen molar-refractivity contribution in [3.8, 4) is 5.75 Å². The van der Waals surface area contributed by atoms with Gasteiger partial charge in [0.05, 0.1) is 12.6 Å². The van der Waals surface area contributed by atoms with Gasteiger partial charge in [-0.2, -0.15) is 0 Å². The fourth-order valence-corrected chi connectivity index (χ4v) is 3.33. The van der Waals surface area contributed by atoms with Gasteiger partial charge in [0.25, 0.3) is 0 Å². The van der Waals surface area contributed by atoms with Crippen LogP contribution in [0.3, 0.4) is 0 Å². The number of rotatable bonds is 4. The third-order valence-corrected chi connectivity index (χ3v) is 4.76. The normalized spacial score (nSPS) is 23.3. The van der Waals surface area contributed by atoms with Gasteiger partial charge in [0, 0.05) is 13.1 Å². The van der Waals surface area contributed by atoms with Crippen molar-refractivity contribution in [2.24, 2.45) is 5.92 Å². The molecule has 1 aromatic rings. The SMILES string of the molecule is O=C(C1CCCCN1)N1CCC(COc2ccccc2)CC1. The highest BCUT2D eigenvalue weighted by atomic mass is 16.5. The molecule has 120 valence electrons. The summed E-state index contributed by atoms with van der Waals surface area (Å²) in [6.45, 7) is 3.49. The first kappa shape index (κ1) is 15.3. The van der Waals surface area contributed by atoms with Crippen LogP contribution in [0.15, 0.2) is 30.3 Å². The summed E-state index contributed by atoms with van der Waals surface area (Å²) in [6.07, 6.45) is 5.46. The van der Waals surface area contributed by atoms with E-state index in [-0.39, 0.29) is 6.04 Å². The van der Waals surface area contributed by atoms with E-state index in [4.69, 9.17) is 4.74 Å². The van der Waals surface area contributed by atoms with E-state index in [2.05, 4.69) is 5.32 Å². The van der Waals surface area contributed by atoms with Crippen molar-refractivity contribution < 1.29 is 9.53 Å². The first-order chi connectivity index (χ1) is 10.8. The fraction of sp³-hybridized carbons (Fsp3) is 0.611. The molecule has 1 aromatic carbocycles. The molecule has 2 saturated heterocycles. The largest absolute Gasteiger partial charge is 0.493 e. The van der Waals surface area contributed by atoms with Crippen molar-refractivity contribution in [2.75, 3.05) is 26.2 Å². The van der Waals surface area contributed by atoms with Crippen LogP contribution >= 0.6 is 0 Å². The molecular weight excluding hydrogens is 276 g/mol. The van der Waals surface area contributed by atoms with Crippen molar-refractivity contribution in [1.82, 2.24) is 10.2 Å². The molecule has 2 heterocycles. The van der Waals surface area contributed by atoms with Gasteiger partial charge in [0.1, 0.15) is 5.75 Å². The standard InChI is InChI=1S/C18H26N2O2/c21-18(17-8-4-5-11-19-17)20-12-9-15(10-13-20)14-22-16-6-2-1-3-7-16/h1-3,6-7,15,17,19H,4-5,8-14H2. The van der Waals surface area contributed by atoms with Gasteiger partial charge in [-0.25, -0.2) is 0 Å². The number of benzene rings is 1. The average molecular weight is 302 g/mol. The second-order valence-electron chi connectivity index (χ2n) is 6.40. The predicted molar refractivity (Wildman–Crippen MR) is 86.9 cm³/mol. The van der Waals surface area contributed by atoms with Gasteiger partial charge in [0.15, 0.2) is 0 Å². The van der Waals surface area contributed by atoms with Crippen LogP contribution in [0.4, 0.5) is 0 Å². The van der Waals surface area contributed by atoms with Gasteiger partial charge < -0.3 is 15.0 Å². The third-order valence-electron chi connectivity index (χ3n) is 4.76. The van der Waals surface area contributed by atoms with E-state index in [9.17, 15) is 4.79 Å². The van der Waals surface area contributed by atoms with Gasteiger partial charge in [-0.3, -0.25) is 4.79 Å². The molecule has 1 amide bonds. The number of ether oxygens (including phenoxy) is 1. The lowest BCUT2D eigenvalue weighted by atomic mass is 9.96. The molecule has 1 unspecified atom stereocenters. The van der Waals surface area contributed by atoms with Crippen LogP contribution in [0.1, 0.15) is 32.1 Å². The summed E-state index contributed by atoms with van der Waals surface area (Å²) in [5.74, 6) is 1.80. The minimum atomic E-state index is 0.0610. The molecule has 1 N–H and O–H groups in total. The molecule has 0 saturated carbocycles. The number of likely N-dealkylation sites (tertiary alicyclic amines) is 1. The lowest BCUT2D eigenvalue weighted by Crippen LogP contribution is -2.51. The maximum atomic E-state index is 12.5. The minimum absolute atomic E-state index is 0.0610. The Labute approximate surface area is 132 Å². The van der Waals surface area contributed by atoms with Crippen LogP contribution in [0, 0.1) is 5.92 Å². The molecule has 2 aliphatic heterocycles. The predicted octanol–water partition coefficient (Wildman–Crippen LogP) is 2.45. The van der Waals surface area contributed by atoms with E-state index in [0.717, 1.165) is 51.3 Å². The topological polar surface area (TPSA) is 41.6 Å². The van der Waals surface area contributed by atoms with Crippen LogP contribution in [-0.2, 0) is 4.79 Å². The van der Waals surface area contributed by atoms with E-state index in [0.29, 0.717) is 11.8 Å². The maximum absolute atomic E-state index is 12.5. The van der Waals surface area contributed by atoms with Crippen molar-refractivity contribution in [3.63, 3.8) is 0 Å². The Morgan fingerprint density at radius 1 is 1.14 bits per heavy atom. The van der Waals surface area contributed by atoms with Crippen LogP contribution < -0.4 is 10.1 Å². The van der Waals surface area contributed by atoms with E-state index >= 15 is 0 Å². The quantitative estimate of drug-likeness (QED) is 0.929. The highest BCUT2D eigenvalue weighted by Gasteiger charge is 2.29. The average Bonchev–Trinajstić information content (AvgIpc) is 2.61. The summed E-state index contributed by atoms with van der Waals surface area (Å²) in [6, 6.07) is 10.0. The number of amides is 1. The number of nitrogens with one attached hydrogen (secondary N) is 1. The number of piperidine rings is 2. The number of hydrogen-bond donors (Lipinski definition) is 1. The Morgan fingerprint density at radius 3 is 2.59 bits per heavy atom. The molecule has 4 nitrogen and oxygen atoms in total. The first-order valence-electron chi connectivity index (χ1n) is 8.53. The summed E-state index contributed by atoms with van der Waals surface area (Å²) < 4.78 is 5.84. The molecule has 0 radical (unpaired) electrons. The zero-order valence-electron chi connectivity index (χ0n) is 13.2. The van der Waals surface area contributed by atoms with Gasteiger partial charge in [-0.15, -0.1) is 0 Å². The molecule has 2 fully saturated rings. The summed E-state index contributed by atoms with van der Waals surface area (Å²) in [5, 5.41) is 3.36. The molecule has 1 atom stereocenters. The smallest absolute Gasteiger partial charge is 0.239 e. The lowest BCUT2D eigenvalue weighted by molar-refractivity contribution is -0.135. The molecule has 0 aliphatic carbocycles. The maximum Gasteiger partial charge on any atom is 0.239 e. The second kappa shape index (κ2) is 7.63. The van der Waals surface area contributed by atoms with E-state index in [1.165, 1.54) is 12.8 Å². The third kappa shape index (κ3) is 4.01. The Hall–Kier alpha value is -1.55. The van der Waals surface area contributed by atoms with E-state index < -0.39 is 0 Å². The number of carbonyl (C=O) groups excluding carboxylic acids is 1. The van der Waals surface area contributed by atoms with E-state index in [1.807, 2.05) is 35.2 Å². The summed E-state index contributed by atoms with van der Waals surface area (Å²) in [5.41, 5.74) is 0. The highest BCUT2D eigenvalue weighted by Crippen LogP contribution is 2.21. The number of carbonyl (C=O) groups is 1. The zero-order valence-corrected chi connectivity index (χ0v) is 13.2. The summed E-state index contributed by atoms with van der Waals surface area (Å²) in [7, 11) is 0. The Kier molecular flexibility index (Phi) is 5.33. The minimum Gasteiger partial charge on any atom is -0.493 e. The zero-order chi connectivity index (χ0) is 15.2. The molecule has 4 heteroatoms. The summed E-state index contributed by atoms with van der Waals surface area (Å²) >= 11 is 0. The summed E-state index contributed by atoms with van der Waals surface area (Å²) in [4.78, 5) is 14.5. The highest BCUT2D eigenvalue weighted by molar-refractivity contribution is 5.82. The Balaban J connectivity index is 1.41. The van der Waals surface area contributed by atoms with Gasteiger partial charge in [0.2, 0.25) is 5.91 Å². The van der Waals surface area contributed by atoms with Gasteiger partial charge in [-0.1, -0.05) is 24.6 Å². The van der Waals surface area contributed by atoms with Crippen molar-refractivity contribution in [3.05, 3.63) is 30.3 Å². The van der Waals surface area contributed by atoms with Crippen molar-refractivity contribution in [2.45, 2.75) is 38.1 Å². The lowest BCUT2D eigenvalue weighted by Gasteiger charge is -2.35. The molecule has 0 bridgehead atoms. The van der Waals surface area contributed by atoms with Crippen LogP contribution in [0.5, 0.6) is 5.75 Å². The number of para-hydroxylation sites is 1.